The summed E-state index contributed by atoms with van der Waals surface area (Å²) in [7, 11) is 0. The fourth-order valence-corrected chi connectivity index (χ4v) is 2.78. The third-order valence-electron chi connectivity index (χ3n) is 3.75. The first-order chi connectivity index (χ1) is 7.77. The van der Waals surface area contributed by atoms with Crippen molar-refractivity contribution in [2.24, 2.45) is 5.92 Å². The molecule has 0 bridgehead atoms. The van der Waals surface area contributed by atoms with Crippen LogP contribution >= 0.6 is 0 Å². The van der Waals surface area contributed by atoms with Gasteiger partial charge < -0.3 is 4.90 Å². The lowest BCUT2D eigenvalue weighted by molar-refractivity contribution is -0.139. The summed E-state index contributed by atoms with van der Waals surface area (Å²) in [4.78, 5) is 25.6. The van der Waals surface area contributed by atoms with Crippen LogP contribution in [-0.2, 0) is 9.59 Å². The second kappa shape index (κ2) is 5.46. The predicted octanol–water partition coefficient (Wildman–Crippen LogP) is 2.15. The van der Waals surface area contributed by atoms with Crippen molar-refractivity contribution in [1.82, 2.24) is 4.90 Å². The van der Waals surface area contributed by atoms with Gasteiger partial charge in [0.15, 0.2) is 0 Å². The second-order valence-corrected chi connectivity index (χ2v) is 5.07. The molecular weight excluding hydrogens is 202 g/mol. The van der Waals surface area contributed by atoms with E-state index >= 15 is 0 Å². The lowest BCUT2D eigenvalue weighted by Crippen LogP contribution is -2.38. The SMILES string of the molecule is O=C1CCCC(C(=O)N2CCCCCC2)C1. The van der Waals surface area contributed by atoms with Crippen LogP contribution in [0.1, 0.15) is 51.4 Å². The van der Waals surface area contributed by atoms with Crippen LogP contribution in [0, 0.1) is 5.92 Å². The maximum absolute atomic E-state index is 12.2. The Balaban J connectivity index is 1.91. The Kier molecular flexibility index (Phi) is 3.97. The maximum Gasteiger partial charge on any atom is 0.226 e. The number of carbonyl (C=O) groups is 2. The van der Waals surface area contributed by atoms with Crippen LogP contribution in [0.5, 0.6) is 0 Å². The Labute approximate surface area is 97.2 Å². The van der Waals surface area contributed by atoms with Gasteiger partial charge in [-0.2, -0.15) is 0 Å². The largest absolute Gasteiger partial charge is 0.342 e. The van der Waals surface area contributed by atoms with E-state index in [1.54, 1.807) is 0 Å². The van der Waals surface area contributed by atoms with E-state index < -0.39 is 0 Å². The summed E-state index contributed by atoms with van der Waals surface area (Å²) in [5.41, 5.74) is 0. The molecular formula is C13H21NO2. The Morgan fingerprint density at radius 3 is 2.38 bits per heavy atom. The Morgan fingerprint density at radius 2 is 1.75 bits per heavy atom. The zero-order valence-corrected chi connectivity index (χ0v) is 9.91. The van der Waals surface area contributed by atoms with Crippen LogP contribution in [0.15, 0.2) is 0 Å². The van der Waals surface area contributed by atoms with Gasteiger partial charge in [0, 0.05) is 31.8 Å². The van der Waals surface area contributed by atoms with E-state index in [1.165, 1.54) is 12.8 Å². The minimum absolute atomic E-state index is 0.000602. The molecule has 2 rings (SSSR count). The lowest BCUT2D eigenvalue weighted by atomic mass is 9.87. The maximum atomic E-state index is 12.2. The quantitative estimate of drug-likeness (QED) is 0.683. The molecule has 1 saturated heterocycles. The molecule has 0 radical (unpaired) electrons. The standard InChI is InChI=1S/C13H21NO2/c15-12-7-5-6-11(10-12)13(16)14-8-3-1-2-4-9-14/h11H,1-10H2. The number of hydrogen-bond acceptors (Lipinski definition) is 2. The summed E-state index contributed by atoms with van der Waals surface area (Å²) in [5, 5.41) is 0. The van der Waals surface area contributed by atoms with Crippen LogP contribution in [0.25, 0.3) is 0 Å². The number of carbonyl (C=O) groups excluding carboxylic acids is 2. The van der Waals surface area contributed by atoms with Crippen molar-refractivity contribution in [2.45, 2.75) is 51.4 Å². The Morgan fingerprint density at radius 1 is 1.06 bits per heavy atom. The molecule has 3 heteroatoms. The summed E-state index contributed by atoms with van der Waals surface area (Å²) in [6, 6.07) is 0. The van der Waals surface area contributed by atoms with Gasteiger partial charge in [-0.3, -0.25) is 9.59 Å². The minimum atomic E-state index is -0.000602. The van der Waals surface area contributed by atoms with Gasteiger partial charge in [-0.25, -0.2) is 0 Å². The molecule has 1 atom stereocenters. The molecule has 1 aliphatic heterocycles. The average Bonchev–Trinajstić information content (AvgIpc) is 2.56. The summed E-state index contributed by atoms with van der Waals surface area (Å²) in [6.07, 6.45) is 7.75. The molecule has 0 aromatic heterocycles. The van der Waals surface area contributed by atoms with Gasteiger partial charge in [0.05, 0.1) is 0 Å². The van der Waals surface area contributed by atoms with Gasteiger partial charge in [-0.05, 0) is 25.7 Å². The molecule has 1 aliphatic carbocycles. The highest BCUT2D eigenvalue weighted by molar-refractivity contribution is 5.87. The number of Topliss-reactive ketones (excluding diaryl/α,β-unsaturated/α-hetero) is 1. The van der Waals surface area contributed by atoms with E-state index in [1.807, 2.05) is 4.90 Å². The van der Waals surface area contributed by atoms with Crippen molar-refractivity contribution in [3.63, 3.8) is 0 Å². The molecule has 1 amide bonds. The molecule has 2 fully saturated rings. The summed E-state index contributed by atoms with van der Waals surface area (Å²) in [6.45, 7) is 1.81. The lowest BCUT2D eigenvalue weighted by Gasteiger charge is -2.27. The first-order valence-electron chi connectivity index (χ1n) is 6.58. The van der Waals surface area contributed by atoms with Crippen molar-refractivity contribution in [1.29, 1.82) is 0 Å². The van der Waals surface area contributed by atoms with Gasteiger partial charge in [-0.15, -0.1) is 0 Å². The average molecular weight is 223 g/mol. The Bertz CT molecular complexity index is 267. The number of amides is 1. The van der Waals surface area contributed by atoms with Crippen LogP contribution in [0.2, 0.25) is 0 Å². The number of ketones is 1. The number of rotatable bonds is 1. The van der Waals surface area contributed by atoms with Crippen LogP contribution in [0.4, 0.5) is 0 Å². The van der Waals surface area contributed by atoms with Gasteiger partial charge in [0.25, 0.3) is 0 Å². The molecule has 90 valence electrons. The molecule has 0 aromatic carbocycles. The molecule has 2 aliphatic rings. The molecule has 1 heterocycles. The third-order valence-corrected chi connectivity index (χ3v) is 3.75. The second-order valence-electron chi connectivity index (χ2n) is 5.07. The van der Waals surface area contributed by atoms with Crippen molar-refractivity contribution in [2.75, 3.05) is 13.1 Å². The molecule has 1 unspecified atom stereocenters. The van der Waals surface area contributed by atoms with E-state index in [-0.39, 0.29) is 17.6 Å². The number of likely N-dealkylation sites (tertiary alicyclic amines) is 1. The first kappa shape index (κ1) is 11.6. The molecule has 3 nitrogen and oxygen atoms in total. The molecule has 0 aromatic rings. The van der Waals surface area contributed by atoms with E-state index in [4.69, 9.17) is 0 Å². The molecule has 0 N–H and O–H groups in total. The first-order valence-corrected chi connectivity index (χ1v) is 6.58. The highest BCUT2D eigenvalue weighted by Crippen LogP contribution is 2.24. The monoisotopic (exact) mass is 223 g/mol. The third kappa shape index (κ3) is 2.83. The molecule has 0 spiro atoms. The van der Waals surface area contributed by atoms with E-state index in [9.17, 15) is 9.59 Å². The van der Waals surface area contributed by atoms with Crippen LogP contribution in [-0.4, -0.2) is 29.7 Å². The topological polar surface area (TPSA) is 37.4 Å². The fourth-order valence-electron chi connectivity index (χ4n) is 2.78. The van der Waals surface area contributed by atoms with Crippen LogP contribution < -0.4 is 0 Å². The van der Waals surface area contributed by atoms with Crippen LogP contribution in [0.3, 0.4) is 0 Å². The van der Waals surface area contributed by atoms with Gasteiger partial charge in [0.1, 0.15) is 5.78 Å². The number of hydrogen-bond donors (Lipinski definition) is 0. The fraction of sp³-hybridized carbons (Fsp3) is 0.846. The van der Waals surface area contributed by atoms with Gasteiger partial charge in [-0.1, -0.05) is 12.8 Å². The Hall–Kier alpha value is -0.860. The molecule has 16 heavy (non-hydrogen) atoms. The summed E-state index contributed by atoms with van der Waals surface area (Å²) >= 11 is 0. The molecule has 1 saturated carbocycles. The number of nitrogens with zero attached hydrogens (tertiary/aromatic N) is 1. The highest BCUT2D eigenvalue weighted by atomic mass is 16.2. The zero-order valence-electron chi connectivity index (χ0n) is 9.91. The van der Waals surface area contributed by atoms with E-state index in [0.717, 1.165) is 38.8 Å². The van der Waals surface area contributed by atoms with Crippen molar-refractivity contribution < 1.29 is 9.59 Å². The van der Waals surface area contributed by atoms with E-state index in [0.29, 0.717) is 12.8 Å². The normalized spacial score (nSPS) is 27.6. The smallest absolute Gasteiger partial charge is 0.226 e. The van der Waals surface area contributed by atoms with Gasteiger partial charge in [0.2, 0.25) is 5.91 Å². The minimum Gasteiger partial charge on any atom is -0.342 e. The van der Waals surface area contributed by atoms with E-state index in [2.05, 4.69) is 0 Å². The summed E-state index contributed by atoms with van der Waals surface area (Å²) in [5.74, 6) is 0.522. The van der Waals surface area contributed by atoms with Crippen molar-refractivity contribution in [3.8, 4) is 0 Å². The van der Waals surface area contributed by atoms with Crippen molar-refractivity contribution in [3.05, 3.63) is 0 Å². The van der Waals surface area contributed by atoms with Gasteiger partial charge >= 0.3 is 0 Å². The predicted molar refractivity (Wildman–Crippen MR) is 62.0 cm³/mol. The van der Waals surface area contributed by atoms with Crippen molar-refractivity contribution >= 4 is 11.7 Å². The highest BCUT2D eigenvalue weighted by Gasteiger charge is 2.29. The summed E-state index contributed by atoms with van der Waals surface area (Å²) < 4.78 is 0. The zero-order chi connectivity index (χ0) is 11.4.